The van der Waals surface area contributed by atoms with E-state index in [2.05, 4.69) is 27.1 Å². The Labute approximate surface area is 106 Å². The van der Waals surface area contributed by atoms with Crippen LogP contribution in [0.4, 0.5) is 5.82 Å². The highest BCUT2D eigenvalue weighted by Crippen LogP contribution is 2.17. The van der Waals surface area contributed by atoms with Crippen molar-refractivity contribution in [3.05, 3.63) is 30.1 Å². The van der Waals surface area contributed by atoms with Gasteiger partial charge in [-0.25, -0.2) is 9.97 Å². The molecule has 1 aliphatic heterocycles. The van der Waals surface area contributed by atoms with Crippen LogP contribution >= 0.6 is 0 Å². The number of nitrogens with two attached hydrogens (primary N) is 1. The lowest BCUT2D eigenvalue weighted by molar-refractivity contribution is 0.749. The van der Waals surface area contributed by atoms with Gasteiger partial charge in [-0.1, -0.05) is 11.8 Å². The van der Waals surface area contributed by atoms with Crippen molar-refractivity contribution < 1.29 is 0 Å². The van der Waals surface area contributed by atoms with Crippen LogP contribution in [0.3, 0.4) is 0 Å². The predicted octanol–water partition coefficient (Wildman–Crippen LogP) is 1.32. The van der Waals surface area contributed by atoms with Gasteiger partial charge in [0.05, 0.1) is 11.6 Å². The highest BCUT2D eigenvalue weighted by Gasteiger charge is 2.09. The van der Waals surface area contributed by atoms with Crippen molar-refractivity contribution in [3.8, 4) is 11.8 Å². The van der Waals surface area contributed by atoms with Crippen LogP contribution in [0.15, 0.2) is 24.5 Å². The Morgan fingerprint density at radius 2 is 2.28 bits per heavy atom. The molecule has 1 atom stereocenters. The third-order valence-electron chi connectivity index (χ3n) is 3.12. The largest absolute Gasteiger partial charge is 0.383 e. The summed E-state index contributed by atoms with van der Waals surface area (Å²) in [7, 11) is 0. The summed E-state index contributed by atoms with van der Waals surface area (Å²) in [5, 5.41) is 4.22. The lowest BCUT2D eigenvalue weighted by Crippen LogP contribution is -2.18. The van der Waals surface area contributed by atoms with Crippen LogP contribution in [-0.2, 0) is 0 Å². The monoisotopic (exact) mass is 238 g/mol. The molecule has 3 N–H and O–H groups in total. The summed E-state index contributed by atoms with van der Waals surface area (Å²) in [6, 6.07) is 6.17. The summed E-state index contributed by atoms with van der Waals surface area (Å²) in [5.74, 6) is 6.92. The number of nitrogens with one attached hydrogen (secondary N) is 1. The van der Waals surface area contributed by atoms with Crippen molar-refractivity contribution in [2.45, 2.75) is 18.9 Å². The van der Waals surface area contributed by atoms with Crippen LogP contribution in [0.5, 0.6) is 0 Å². The molecular weight excluding hydrogens is 224 g/mol. The summed E-state index contributed by atoms with van der Waals surface area (Å²) in [4.78, 5) is 8.16. The quantitative estimate of drug-likeness (QED) is 0.679. The number of benzene rings is 1. The Kier molecular flexibility index (Phi) is 2.83. The average Bonchev–Trinajstić information content (AvgIpc) is 2.90. The van der Waals surface area contributed by atoms with Crippen LogP contribution in [0.2, 0.25) is 0 Å². The first kappa shape index (κ1) is 11.0. The fraction of sp³-hybridized carbons (Fsp3) is 0.286. The highest BCUT2D eigenvalue weighted by molar-refractivity contribution is 5.88. The van der Waals surface area contributed by atoms with Crippen molar-refractivity contribution in [3.63, 3.8) is 0 Å². The third kappa shape index (κ3) is 2.13. The molecule has 3 rings (SSSR count). The summed E-state index contributed by atoms with van der Waals surface area (Å²) < 4.78 is 0. The van der Waals surface area contributed by atoms with E-state index >= 15 is 0 Å². The number of rotatable bonds is 0. The zero-order valence-electron chi connectivity index (χ0n) is 9.98. The van der Waals surface area contributed by atoms with E-state index in [1.54, 1.807) is 0 Å². The van der Waals surface area contributed by atoms with Gasteiger partial charge in [-0.2, -0.15) is 0 Å². The minimum absolute atomic E-state index is 0.324. The van der Waals surface area contributed by atoms with E-state index < -0.39 is 0 Å². The molecule has 90 valence electrons. The molecule has 1 saturated heterocycles. The molecule has 0 saturated carbocycles. The van der Waals surface area contributed by atoms with Crippen LogP contribution in [0.1, 0.15) is 18.4 Å². The first-order valence-corrected chi connectivity index (χ1v) is 6.08. The van der Waals surface area contributed by atoms with Gasteiger partial charge in [0, 0.05) is 10.9 Å². The molecule has 0 radical (unpaired) electrons. The molecule has 1 aliphatic rings. The Morgan fingerprint density at radius 3 is 3.11 bits per heavy atom. The number of nitrogen functional groups attached to an aromatic ring is 1. The summed E-state index contributed by atoms with van der Waals surface area (Å²) >= 11 is 0. The number of anilines is 1. The molecular formula is C14H14N4. The number of hydrogen-bond acceptors (Lipinski definition) is 4. The smallest absolute Gasteiger partial charge is 0.134 e. The van der Waals surface area contributed by atoms with Gasteiger partial charge in [0.2, 0.25) is 0 Å². The summed E-state index contributed by atoms with van der Waals surface area (Å²) in [6.45, 7) is 1.07. The summed E-state index contributed by atoms with van der Waals surface area (Å²) in [5.41, 5.74) is 7.64. The van der Waals surface area contributed by atoms with Crippen molar-refractivity contribution in [1.29, 1.82) is 0 Å². The molecule has 0 bridgehead atoms. The maximum Gasteiger partial charge on any atom is 0.134 e. The second-order valence-electron chi connectivity index (χ2n) is 4.41. The van der Waals surface area contributed by atoms with E-state index in [-0.39, 0.29) is 0 Å². The molecule has 0 aliphatic carbocycles. The zero-order chi connectivity index (χ0) is 12.4. The maximum atomic E-state index is 5.83. The SMILES string of the molecule is Nc1ncnc2ccc(C#CC3CCCN3)cc12. The molecule has 2 heterocycles. The number of aromatic nitrogens is 2. The third-order valence-corrected chi connectivity index (χ3v) is 3.12. The van der Waals surface area contributed by atoms with Gasteiger partial charge in [0.1, 0.15) is 12.1 Å². The molecule has 18 heavy (non-hydrogen) atoms. The topological polar surface area (TPSA) is 63.8 Å². The van der Waals surface area contributed by atoms with Crippen molar-refractivity contribution in [2.24, 2.45) is 0 Å². The van der Waals surface area contributed by atoms with Gasteiger partial charge < -0.3 is 11.1 Å². The summed E-state index contributed by atoms with van der Waals surface area (Å²) in [6.07, 6.45) is 3.81. The molecule has 0 amide bonds. The van der Waals surface area contributed by atoms with Gasteiger partial charge in [0.15, 0.2) is 0 Å². The molecule has 1 fully saturated rings. The van der Waals surface area contributed by atoms with E-state index in [4.69, 9.17) is 5.73 Å². The molecule has 1 aromatic heterocycles. The van der Waals surface area contributed by atoms with E-state index in [1.807, 2.05) is 18.2 Å². The Bertz CT molecular complexity index is 633. The van der Waals surface area contributed by atoms with Crippen LogP contribution < -0.4 is 11.1 Å². The van der Waals surface area contributed by atoms with E-state index in [9.17, 15) is 0 Å². The number of fused-ring (bicyclic) bond motifs is 1. The minimum Gasteiger partial charge on any atom is -0.383 e. The van der Waals surface area contributed by atoms with Crippen LogP contribution in [0.25, 0.3) is 10.9 Å². The Hall–Kier alpha value is -2.12. The Morgan fingerprint density at radius 1 is 1.33 bits per heavy atom. The molecule has 0 spiro atoms. The van der Waals surface area contributed by atoms with Crippen LogP contribution in [-0.4, -0.2) is 22.6 Å². The lowest BCUT2D eigenvalue weighted by Gasteiger charge is -2.01. The van der Waals surface area contributed by atoms with Gasteiger partial charge in [-0.05, 0) is 37.6 Å². The van der Waals surface area contributed by atoms with E-state index in [1.165, 1.54) is 12.7 Å². The fourth-order valence-corrected chi connectivity index (χ4v) is 2.13. The molecule has 4 heteroatoms. The zero-order valence-corrected chi connectivity index (χ0v) is 9.98. The van der Waals surface area contributed by atoms with Crippen molar-refractivity contribution in [1.82, 2.24) is 15.3 Å². The van der Waals surface area contributed by atoms with Gasteiger partial charge in [0.25, 0.3) is 0 Å². The van der Waals surface area contributed by atoms with Crippen molar-refractivity contribution in [2.75, 3.05) is 12.3 Å². The van der Waals surface area contributed by atoms with Gasteiger partial charge in [-0.3, -0.25) is 0 Å². The normalized spacial score (nSPS) is 18.6. The lowest BCUT2D eigenvalue weighted by atomic mass is 10.1. The standard InChI is InChI=1S/C14H14N4/c15-14-12-8-10(3-5-11-2-1-7-16-11)4-6-13(12)17-9-18-14/h4,6,8-9,11,16H,1-2,7H2,(H2,15,17,18). The molecule has 1 unspecified atom stereocenters. The molecule has 1 aromatic carbocycles. The number of nitrogens with zero attached hydrogens (tertiary/aromatic N) is 2. The second kappa shape index (κ2) is 4.63. The van der Waals surface area contributed by atoms with Gasteiger partial charge in [-0.15, -0.1) is 0 Å². The number of hydrogen-bond donors (Lipinski definition) is 2. The van der Waals surface area contributed by atoms with Crippen molar-refractivity contribution >= 4 is 16.7 Å². The molecule has 2 aromatic rings. The average molecular weight is 238 g/mol. The maximum absolute atomic E-state index is 5.83. The van der Waals surface area contributed by atoms with Crippen LogP contribution in [0, 0.1) is 11.8 Å². The first-order chi connectivity index (χ1) is 8.83. The predicted molar refractivity (Wildman–Crippen MR) is 71.9 cm³/mol. The minimum atomic E-state index is 0.324. The van der Waals surface area contributed by atoms with Gasteiger partial charge >= 0.3 is 0 Å². The molecule has 4 nitrogen and oxygen atoms in total. The Balaban J connectivity index is 1.95. The van der Waals surface area contributed by atoms with E-state index in [0.29, 0.717) is 11.9 Å². The second-order valence-corrected chi connectivity index (χ2v) is 4.41. The fourth-order valence-electron chi connectivity index (χ4n) is 2.13. The highest BCUT2D eigenvalue weighted by atomic mass is 14.9. The first-order valence-electron chi connectivity index (χ1n) is 6.08. The van der Waals surface area contributed by atoms with E-state index in [0.717, 1.165) is 29.4 Å².